The van der Waals surface area contributed by atoms with Crippen molar-refractivity contribution in [3.05, 3.63) is 0 Å². The van der Waals surface area contributed by atoms with E-state index in [1.54, 1.807) is 0 Å². The highest BCUT2D eigenvalue weighted by Crippen LogP contribution is 2.36. The molecule has 1 fully saturated rings. The molecule has 1 N–H and O–H groups in total. The van der Waals surface area contributed by atoms with E-state index in [0.29, 0.717) is 5.88 Å². The summed E-state index contributed by atoms with van der Waals surface area (Å²) in [7, 11) is 0. The fraction of sp³-hybridized carbons (Fsp3) is 1.00. The maximum absolute atomic E-state index is 11.7. The molecule has 0 amide bonds. The molecule has 0 aromatic carbocycles. The molecular formula is C7H11ClF3N. The SMILES string of the molecule is FC(F)(F)CCNC1(CCl)CC1. The van der Waals surface area contributed by atoms with Crippen LogP contribution in [-0.2, 0) is 0 Å². The van der Waals surface area contributed by atoms with Crippen LogP contribution in [0.1, 0.15) is 19.3 Å². The van der Waals surface area contributed by atoms with Crippen molar-refractivity contribution in [3.63, 3.8) is 0 Å². The van der Waals surface area contributed by atoms with Gasteiger partial charge in [-0.3, -0.25) is 0 Å². The van der Waals surface area contributed by atoms with Crippen molar-refractivity contribution < 1.29 is 13.2 Å². The smallest absolute Gasteiger partial charge is 0.310 e. The zero-order chi connectivity index (χ0) is 9.24. The minimum Gasteiger partial charge on any atom is -0.310 e. The Bertz CT molecular complexity index is 153. The van der Waals surface area contributed by atoms with Crippen LogP contribution in [0.4, 0.5) is 13.2 Å². The van der Waals surface area contributed by atoms with Crippen molar-refractivity contribution in [1.82, 2.24) is 5.32 Å². The van der Waals surface area contributed by atoms with Crippen LogP contribution in [0.15, 0.2) is 0 Å². The molecule has 72 valence electrons. The Morgan fingerprint density at radius 2 is 1.92 bits per heavy atom. The van der Waals surface area contributed by atoms with Crippen LogP contribution in [0.3, 0.4) is 0 Å². The third-order valence-electron chi connectivity index (χ3n) is 2.02. The molecule has 0 heterocycles. The van der Waals surface area contributed by atoms with E-state index in [-0.39, 0.29) is 12.1 Å². The molecule has 0 aliphatic heterocycles. The molecule has 12 heavy (non-hydrogen) atoms. The molecule has 1 aliphatic carbocycles. The van der Waals surface area contributed by atoms with E-state index in [2.05, 4.69) is 5.32 Å². The monoisotopic (exact) mass is 201 g/mol. The van der Waals surface area contributed by atoms with Crippen molar-refractivity contribution >= 4 is 11.6 Å². The molecule has 5 heteroatoms. The lowest BCUT2D eigenvalue weighted by molar-refractivity contribution is -0.133. The van der Waals surface area contributed by atoms with Gasteiger partial charge in [-0.25, -0.2) is 0 Å². The summed E-state index contributed by atoms with van der Waals surface area (Å²) in [6.07, 6.45) is -3.04. The van der Waals surface area contributed by atoms with Crippen molar-refractivity contribution in [2.24, 2.45) is 0 Å². The molecule has 0 aromatic rings. The van der Waals surface area contributed by atoms with Crippen molar-refractivity contribution in [2.75, 3.05) is 12.4 Å². The lowest BCUT2D eigenvalue weighted by Gasteiger charge is -2.14. The van der Waals surface area contributed by atoms with Gasteiger partial charge < -0.3 is 5.32 Å². The summed E-state index contributed by atoms with van der Waals surface area (Å²) >= 11 is 5.56. The predicted octanol–water partition coefficient (Wildman–Crippen LogP) is 2.30. The van der Waals surface area contributed by atoms with Gasteiger partial charge in [0.25, 0.3) is 0 Å². The Balaban J connectivity index is 2.10. The van der Waals surface area contributed by atoms with E-state index in [1.807, 2.05) is 0 Å². The van der Waals surface area contributed by atoms with Gasteiger partial charge in [-0.1, -0.05) is 0 Å². The quantitative estimate of drug-likeness (QED) is 0.689. The first-order valence-corrected chi connectivity index (χ1v) is 4.39. The van der Waals surface area contributed by atoms with Gasteiger partial charge in [0, 0.05) is 18.0 Å². The Labute approximate surface area is 74.3 Å². The number of rotatable bonds is 4. The first kappa shape index (κ1) is 10.1. The normalized spacial score (nSPS) is 21.0. The van der Waals surface area contributed by atoms with Gasteiger partial charge in [-0.05, 0) is 12.8 Å². The van der Waals surface area contributed by atoms with Crippen LogP contribution in [0.25, 0.3) is 0 Å². The molecular weight excluding hydrogens is 191 g/mol. The molecule has 0 atom stereocenters. The molecule has 1 nitrogen and oxygen atoms in total. The lowest BCUT2D eigenvalue weighted by Crippen LogP contribution is -2.35. The Morgan fingerprint density at radius 3 is 2.25 bits per heavy atom. The molecule has 0 saturated heterocycles. The highest BCUT2D eigenvalue weighted by Gasteiger charge is 2.41. The summed E-state index contributed by atoms with van der Waals surface area (Å²) in [6.45, 7) is -0.0176. The van der Waals surface area contributed by atoms with E-state index < -0.39 is 12.6 Å². The van der Waals surface area contributed by atoms with Crippen molar-refractivity contribution in [2.45, 2.75) is 31.0 Å². The molecule has 1 aliphatic rings. The van der Waals surface area contributed by atoms with Gasteiger partial charge >= 0.3 is 6.18 Å². The molecule has 0 aromatic heterocycles. The van der Waals surface area contributed by atoms with E-state index in [1.165, 1.54) is 0 Å². The fourth-order valence-corrected chi connectivity index (χ4v) is 1.34. The first-order chi connectivity index (χ1) is 5.47. The van der Waals surface area contributed by atoms with E-state index >= 15 is 0 Å². The predicted molar refractivity (Wildman–Crippen MR) is 41.4 cm³/mol. The largest absolute Gasteiger partial charge is 0.390 e. The third-order valence-corrected chi connectivity index (χ3v) is 2.53. The van der Waals surface area contributed by atoms with Crippen LogP contribution in [0.5, 0.6) is 0 Å². The highest BCUT2D eigenvalue weighted by atomic mass is 35.5. The van der Waals surface area contributed by atoms with Crippen LogP contribution in [-0.4, -0.2) is 24.1 Å². The minimum atomic E-state index is -4.06. The van der Waals surface area contributed by atoms with Gasteiger partial charge in [0.2, 0.25) is 0 Å². The van der Waals surface area contributed by atoms with Gasteiger partial charge in [-0.2, -0.15) is 13.2 Å². The second-order valence-electron chi connectivity index (χ2n) is 3.21. The second-order valence-corrected chi connectivity index (χ2v) is 3.47. The number of alkyl halides is 4. The van der Waals surface area contributed by atoms with Gasteiger partial charge in [-0.15, -0.1) is 11.6 Å². The maximum atomic E-state index is 11.7. The standard InChI is InChI=1S/C7H11ClF3N/c8-5-6(1-2-6)12-4-3-7(9,10)11/h12H,1-5H2. The molecule has 1 saturated carbocycles. The fourth-order valence-electron chi connectivity index (χ4n) is 0.978. The summed E-state index contributed by atoms with van der Waals surface area (Å²) in [5.74, 6) is 0.408. The third kappa shape index (κ3) is 3.19. The van der Waals surface area contributed by atoms with Crippen molar-refractivity contribution in [3.8, 4) is 0 Å². The molecule has 0 bridgehead atoms. The topological polar surface area (TPSA) is 12.0 Å². The number of hydrogen-bond acceptors (Lipinski definition) is 1. The van der Waals surface area contributed by atoms with Crippen LogP contribution >= 0.6 is 11.6 Å². The summed E-state index contributed by atoms with van der Waals surface area (Å²) in [4.78, 5) is 0. The van der Waals surface area contributed by atoms with E-state index in [4.69, 9.17) is 11.6 Å². The van der Waals surface area contributed by atoms with Crippen LogP contribution < -0.4 is 5.32 Å². The van der Waals surface area contributed by atoms with Crippen LogP contribution in [0, 0.1) is 0 Å². The Morgan fingerprint density at radius 1 is 1.33 bits per heavy atom. The zero-order valence-electron chi connectivity index (χ0n) is 6.55. The average Bonchev–Trinajstić information content (AvgIpc) is 2.67. The Hall–Kier alpha value is 0.0400. The van der Waals surface area contributed by atoms with Crippen molar-refractivity contribution in [1.29, 1.82) is 0 Å². The van der Waals surface area contributed by atoms with Gasteiger partial charge in [0.15, 0.2) is 0 Å². The Kier molecular flexibility index (Phi) is 2.88. The lowest BCUT2D eigenvalue weighted by atomic mass is 10.3. The molecule has 1 rings (SSSR count). The molecule has 0 unspecified atom stereocenters. The number of nitrogens with one attached hydrogen (secondary N) is 1. The number of halogens is 4. The highest BCUT2D eigenvalue weighted by molar-refractivity contribution is 6.18. The molecule has 0 spiro atoms. The summed E-state index contributed by atoms with van der Waals surface area (Å²) in [5.41, 5.74) is -0.174. The zero-order valence-corrected chi connectivity index (χ0v) is 7.30. The maximum Gasteiger partial charge on any atom is 0.390 e. The van der Waals surface area contributed by atoms with Crippen LogP contribution in [0.2, 0.25) is 0 Å². The number of hydrogen-bond donors (Lipinski definition) is 1. The summed E-state index contributed by atoms with van der Waals surface area (Å²) in [6, 6.07) is 0. The summed E-state index contributed by atoms with van der Waals surface area (Å²) < 4.78 is 35.0. The first-order valence-electron chi connectivity index (χ1n) is 3.85. The second kappa shape index (κ2) is 3.42. The molecule has 0 radical (unpaired) electrons. The van der Waals surface area contributed by atoms with E-state index in [0.717, 1.165) is 12.8 Å². The summed E-state index contributed by atoms with van der Waals surface area (Å²) in [5, 5.41) is 2.82. The minimum absolute atomic E-state index is 0.0176. The van der Waals surface area contributed by atoms with Gasteiger partial charge in [0.1, 0.15) is 0 Å². The van der Waals surface area contributed by atoms with Gasteiger partial charge in [0.05, 0.1) is 6.42 Å². The average molecular weight is 202 g/mol. The van der Waals surface area contributed by atoms with E-state index in [9.17, 15) is 13.2 Å².